The van der Waals surface area contributed by atoms with E-state index in [9.17, 15) is 29.4 Å². The van der Waals surface area contributed by atoms with Gasteiger partial charge in [-0.15, -0.1) is 0 Å². The third-order valence-electron chi connectivity index (χ3n) is 9.21. The van der Waals surface area contributed by atoms with E-state index in [-0.39, 0.29) is 12.3 Å². The first-order chi connectivity index (χ1) is 22.6. The highest BCUT2D eigenvalue weighted by molar-refractivity contribution is 5.94. The standard InChI is InChI=1S/C35H54N6O6/c1-24(28-16-14-26(15-17-28)10-7-9-20-41-21-19-37-25(41)2)32(43)40-31(23-42)34(45)38-29(13-6-8-18-36)33(44)39-30(35(46)47)22-27-11-4-3-5-12-27/h14-17,19,21,24,27,29-31,42H,3-13,18,20,22-23,36H2,1-2H3,(H,38,45)(H,39,44)(H,40,43)(H,46,47)/t24?,29-,30-,31-/m0/s1. The highest BCUT2D eigenvalue weighted by Gasteiger charge is 2.31. The van der Waals surface area contributed by atoms with E-state index in [0.717, 1.165) is 69.3 Å². The molecule has 1 aromatic heterocycles. The lowest BCUT2D eigenvalue weighted by molar-refractivity contribution is -0.143. The zero-order valence-electron chi connectivity index (χ0n) is 28.0. The number of nitrogens with one attached hydrogen (secondary N) is 3. The largest absolute Gasteiger partial charge is 0.480 e. The van der Waals surface area contributed by atoms with Gasteiger partial charge in [-0.05, 0) is 82.4 Å². The Morgan fingerprint density at radius 1 is 0.915 bits per heavy atom. The fourth-order valence-corrected chi connectivity index (χ4v) is 6.15. The van der Waals surface area contributed by atoms with Crippen LogP contribution in [-0.4, -0.2) is 74.7 Å². The fraction of sp³-hybridized carbons (Fsp3) is 0.629. The summed E-state index contributed by atoms with van der Waals surface area (Å²) < 4.78 is 2.13. The van der Waals surface area contributed by atoms with E-state index in [4.69, 9.17) is 5.73 Å². The normalized spacial score (nSPS) is 16.1. The number of benzene rings is 1. The second kappa shape index (κ2) is 19.8. The van der Waals surface area contributed by atoms with E-state index in [1.54, 1.807) is 13.1 Å². The van der Waals surface area contributed by atoms with E-state index >= 15 is 0 Å². The van der Waals surface area contributed by atoms with Crippen LogP contribution in [0.3, 0.4) is 0 Å². The second-order valence-corrected chi connectivity index (χ2v) is 12.8. The number of nitrogens with zero attached hydrogens (tertiary/aromatic N) is 2. The minimum Gasteiger partial charge on any atom is -0.480 e. The van der Waals surface area contributed by atoms with Gasteiger partial charge in [-0.1, -0.05) is 56.4 Å². The summed E-state index contributed by atoms with van der Waals surface area (Å²) >= 11 is 0. The molecule has 1 saturated carbocycles. The number of carbonyl (C=O) groups excluding carboxylic acids is 3. The summed E-state index contributed by atoms with van der Waals surface area (Å²) in [4.78, 5) is 55.8. The van der Waals surface area contributed by atoms with Crippen LogP contribution >= 0.6 is 0 Å². The van der Waals surface area contributed by atoms with E-state index < -0.39 is 54.3 Å². The van der Waals surface area contributed by atoms with Crippen LogP contribution in [-0.2, 0) is 32.1 Å². The van der Waals surface area contributed by atoms with Crippen molar-refractivity contribution in [2.75, 3.05) is 13.2 Å². The molecule has 0 radical (unpaired) electrons. The molecule has 7 N–H and O–H groups in total. The number of carboxylic acid groups (broad SMARTS) is 1. The van der Waals surface area contributed by atoms with E-state index in [1.807, 2.05) is 37.4 Å². The van der Waals surface area contributed by atoms with Gasteiger partial charge < -0.3 is 36.5 Å². The Hall–Kier alpha value is -3.77. The van der Waals surface area contributed by atoms with Crippen LogP contribution in [0, 0.1) is 12.8 Å². The number of aliphatic hydroxyl groups excluding tert-OH is 1. The van der Waals surface area contributed by atoms with Gasteiger partial charge in [-0.25, -0.2) is 9.78 Å². The summed E-state index contributed by atoms with van der Waals surface area (Å²) in [7, 11) is 0. The molecule has 3 rings (SSSR count). The molecule has 0 bridgehead atoms. The number of hydrogen-bond acceptors (Lipinski definition) is 7. The van der Waals surface area contributed by atoms with Crippen LogP contribution in [0.25, 0.3) is 0 Å². The number of aryl methyl sites for hydroxylation is 3. The predicted molar refractivity (Wildman–Crippen MR) is 179 cm³/mol. The molecule has 12 heteroatoms. The van der Waals surface area contributed by atoms with E-state index in [2.05, 4.69) is 25.5 Å². The molecule has 1 aliphatic rings. The lowest BCUT2D eigenvalue weighted by atomic mass is 9.84. The van der Waals surface area contributed by atoms with Crippen molar-refractivity contribution < 1.29 is 29.4 Å². The number of unbranched alkanes of at least 4 members (excludes halogenated alkanes) is 2. The topological polar surface area (TPSA) is 189 Å². The first kappa shape index (κ1) is 37.7. The minimum absolute atomic E-state index is 0.227. The Labute approximate surface area is 278 Å². The number of carbonyl (C=O) groups is 4. The highest BCUT2D eigenvalue weighted by atomic mass is 16.4. The van der Waals surface area contributed by atoms with Gasteiger partial charge >= 0.3 is 5.97 Å². The smallest absolute Gasteiger partial charge is 0.326 e. The summed E-state index contributed by atoms with van der Waals surface area (Å²) in [5.74, 6) is -2.23. The number of rotatable bonds is 20. The zero-order valence-corrected chi connectivity index (χ0v) is 28.0. The van der Waals surface area contributed by atoms with Gasteiger partial charge in [0.1, 0.15) is 23.9 Å². The first-order valence-corrected chi connectivity index (χ1v) is 17.1. The lowest BCUT2D eigenvalue weighted by Gasteiger charge is -2.27. The van der Waals surface area contributed by atoms with Gasteiger partial charge in [-0.3, -0.25) is 14.4 Å². The predicted octanol–water partition coefficient (Wildman–Crippen LogP) is 2.95. The van der Waals surface area contributed by atoms with Crippen LogP contribution in [0.5, 0.6) is 0 Å². The number of aromatic nitrogens is 2. The molecule has 1 unspecified atom stereocenters. The van der Waals surface area contributed by atoms with Crippen molar-refractivity contribution in [3.8, 4) is 0 Å². The summed E-state index contributed by atoms with van der Waals surface area (Å²) in [5.41, 5.74) is 7.56. The zero-order chi connectivity index (χ0) is 34.2. The Bertz CT molecular complexity index is 1280. The van der Waals surface area contributed by atoms with Gasteiger partial charge in [0.25, 0.3) is 0 Å². The maximum Gasteiger partial charge on any atom is 0.326 e. The third kappa shape index (κ3) is 12.4. The maximum absolute atomic E-state index is 13.3. The average molecular weight is 655 g/mol. The molecule has 2 aromatic rings. The van der Waals surface area contributed by atoms with Crippen molar-refractivity contribution in [3.05, 3.63) is 53.6 Å². The van der Waals surface area contributed by atoms with Crippen LogP contribution in [0.2, 0.25) is 0 Å². The van der Waals surface area contributed by atoms with Gasteiger partial charge in [0.2, 0.25) is 17.7 Å². The number of aliphatic hydroxyl groups is 1. The van der Waals surface area contributed by atoms with Crippen molar-refractivity contribution >= 4 is 23.7 Å². The minimum atomic E-state index is -1.29. The average Bonchev–Trinajstić information content (AvgIpc) is 3.49. The first-order valence-electron chi connectivity index (χ1n) is 17.1. The second-order valence-electron chi connectivity index (χ2n) is 12.8. The molecular weight excluding hydrogens is 600 g/mol. The highest BCUT2D eigenvalue weighted by Crippen LogP contribution is 2.27. The molecular formula is C35H54N6O6. The molecule has 1 heterocycles. The molecule has 0 spiro atoms. The third-order valence-corrected chi connectivity index (χ3v) is 9.21. The molecule has 4 atom stereocenters. The van der Waals surface area contributed by atoms with Crippen LogP contribution in [0.4, 0.5) is 0 Å². The number of nitrogens with two attached hydrogens (primary N) is 1. The van der Waals surface area contributed by atoms with Crippen molar-refractivity contribution in [3.63, 3.8) is 0 Å². The number of imidazole rings is 1. The summed E-state index contributed by atoms with van der Waals surface area (Å²) in [6, 6.07) is 4.41. The molecule has 0 saturated heterocycles. The summed E-state index contributed by atoms with van der Waals surface area (Å²) in [5, 5.41) is 27.7. The molecule has 1 fully saturated rings. The lowest BCUT2D eigenvalue weighted by Crippen LogP contribution is -2.57. The fourth-order valence-electron chi connectivity index (χ4n) is 6.15. The molecule has 12 nitrogen and oxygen atoms in total. The Kier molecular flexibility index (Phi) is 15.9. The molecule has 1 aliphatic carbocycles. The molecule has 47 heavy (non-hydrogen) atoms. The monoisotopic (exact) mass is 654 g/mol. The number of amides is 3. The van der Waals surface area contributed by atoms with E-state index in [1.165, 1.54) is 5.56 Å². The summed E-state index contributed by atoms with van der Waals surface area (Å²) in [6.07, 6.45) is 13.6. The van der Waals surface area contributed by atoms with Gasteiger partial charge in [-0.2, -0.15) is 0 Å². The van der Waals surface area contributed by atoms with Crippen molar-refractivity contribution in [2.24, 2.45) is 11.7 Å². The molecule has 3 amide bonds. The maximum atomic E-state index is 13.3. The van der Waals surface area contributed by atoms with Crippen LogP contribution in [0.1, 0.15) is 100 Å². The van der Waals surface area contributed by atoms with Crippen molar-refractivity contribution in [2.45, 2.75) is 121 Å². The Balaban J connectivity index is 1.54. The van der Waals surface area contributed by atoms with Crippen LogP contribution in [0.15, 0.2) is 36.7 Å². The molecule has 260 valence electrons. The quantitative estimate of drug-likeness (QED) is 0.118. The number of hydrogen-bond donors (Lipinski definition) is 6. The SMILES string of the molecule is Cc1nccn1CCCCc1ccc(C(C)C(=O)N[C@@H](CO)C(=O)N[C@@H](CCCCN)C(=O)N[C@@H](CC2CCCCC2)C(=O)O)cc1. The van der Waals surface area contributed by atoms with E-state index in [0.29, 0.717) is 25.8 Å². The van der Waals surface area contributed by atoms with Crippen molar-refractivity contribution in [1.82, 2.24) is 25.5 Å². The Morgan fingerprint density at radius 2 is 1.57 bits per heavy atom. The molecule has 0 aliphatic heterocycles. The Morgan fingerprint density at radius 3 is 2.19 bits per heavy atom. The number of aliphatic carboxylic acids is 1. The summed E-state index contributed by atoms with van der Waals surface area (Å²) in [6.45, 7) is 4.37. The van der Waals surface area contributed by atoms with Gasteiger partial charge in [0.15, 0.2) is 0 Å². The van der Waals surface area contributed by atoms with Gasteiger partial charge in [0.05, 0.1) is 12.5 Å². The molecule has 1 aromatic carbocycles. The van der Waals surface area contributed by atoms with Crippen LogP contribution < -0.4 is 21.7 Å². The number of carboxylic acids is 1. The van der Waals surface area contributed by atoms with Gasteiger partial charge in [0, 0.05) is 18.9 Å². The van der Waals surface area contributed by atoms with Crippen molar-refractivity contribution in [1.29, 1.82) is 0 Å².